The smallest absolute Gasteiger partial charge is 0.413 e. The molecule has 1 N–H and O–H groups in total. The number of amides is 1. The lowest BCUT2D eigenvalue weighted by Gasteiger charge is -2.06. The van der Waals surface area contributed by atoms with E-state index in [1.54, 1.807) is 36.5 Å². The van der Waals surface area contributed by atoms with Gasteiger partial charge in [-0.3, -0.25) is 15.1 Å². The first kappa shape index (κ1) is 18.5. The Hall–Kier alpha value is -3.26. The summed E-state index contributed by atoms with van der Waals surface area (Å²) < 4.78 is 5.12. The van der Waals surface area contributed by atoms with Gasteiger partial charge in [-0.1, -0.05) is 29.8 Å². The van der Waals surface area contributed by atoms with Gasteiger partial charge in [-0.15, -0.1) is 5.10 Å². The average molecular weight is 386 g/mol. The molecule has 1 aromatic carbocycles. The Labute approximate surface area is 160 Å². The summed E-state index contributed by atoms with van der Waals surface area (Å²) in [5, 5.41) is 11.2. The van der Waals surface area contributed by atoms with E-state index in [4.69, 9.17) is 16.3 Å². The van der Waals surface area contributed by atoms with Crippen LogP contribution in [-0.2, 0) is 17.9 Å². The van der Waals surface area contributed by atoms with E-state index in [0.717, 1.165) is 0 Å². The summed E-state index contributed by atoms with van der Waals surface area (Å²) in [5.74, 6) is 0.192. The number of pyridine rings is 1. The maximum absolute atomic E-state index is 11.9. The number of benzene rings is 1. The van der Waals surface area contributed by atoms with Crippen molar-refractivity contribution in [3.8, 4) is 0 Å². The summed E-state index contributed by atoms with van der Waals surface area (Å²) in [7, 11) is 0. The van der Waals surface area contributed by atoms with Crippen LogP contribution >= 0.6 is 11.6 Å². The number of nitrogens with zero attached hydrogens (tertiary/aromatic N) is 4. The largest absolute Gasteiger partial charge is 0.444 e. The highest BCUT2D eigenvalue weighted by atomic mass is 35.5. The van der Waals surface area contributed by atoms with Crippen LogP contribution in [0.2, 0.25) is 5.02 Å². The Bertz CT molecular complexity index is 973. The van der Waals surface area contributed by atoms with Crippen LogP contribution in [0.4, 0.5) is 10.6 Å². The van der Waals surface area contributed by atoms with Crippen molar-refractivity contribution in [2.75, 3.05) is 5.32 Å². The molecule has 2 aromatic heterocycles. The van der Waals surface area contributed by atoms with Crippen LogP contribution in [0.15, 0.2) is 48.8 Å². The van der Waals surface area contributed by atoms with E-state index < -0.39 is 6.09 Å². The van der Waals surface area contributed by atoms with Crippen molar-refractivity contribution in [3.63, 3.8) is 0 Å². The van der Waals surface area contributed by atoms with Gasteiger partial charge >= 0.3 is 6.09 Å². The van der Waals surface area contributed by atoms with Crippen molar-refractivity contribution in [3.05, 3.63) is 70.6 Å². The minimum absolute atomic E-state index is 0.0431. The first-order chi connectivity index (χ1) is 13.0. The maximum atomic E-state index is 11.9. The SMILES string of the molecule is CC(=O)c1ccnc(Cn2ncc(NC(=O)OCc3ccccc3Cl)n2)c1. The summed E-state index contributed by atoms with van der Waals surface area (Å²) >= 11 is 6.01. The van der Waals surface area contributed by atoms with E-state index in [1.807, 2.05) is 6.07 Å². The van der Waals surface area contributed by atoms with E-state index >= 15 is 0 Å². The summed E-state index contributed by atoms with van der Waals surface area (Å²) in [4.78, 5) is 28.8. The third kappa shape index (κ3) is 5.11. The molecule has 0 atom stereocenters. The molecule has 1 amide bonds. The predicted molar refractivity (Wildman–Crippen MR) is 98.6 cm³/mol. The molecule has 0 aliphatic carbocycles. The Morgan fingerprint density at radius 1 is 1.26 bits per heavy atom. The maximum Gasteiger partial charge on any atom is 0.413 e. The third-order valence-electron chi connectivity index (χ3n) is 3.61. The molecule has 0 unspecified atom stereocenters. The molecular weight excluding hydrogens is 370 g/mol. The molecular formula is C18H16ClN5O3. The lowest BCUT2D eigenvalue weighted by atomic mass is 10.2. The van der Waals surface area contributed by atoms with Gasteiger partial charge in [0.05, 0.1) is 11.9 Å². The van der Waals surface area contributed by atoms with Gasteiger partial charge in [0.1, 0.15) is 13.2 Å². The molecule has 0 saturated carbocycles. The third-order valence-corrected chi connectivity index (χ3v) is 3.98. The number of nitrogens with one attached hydrogen (secondary N) is 1. The Morgan fingerprint density at radius 2 is 2.07 bits per heavy atom. The fourth-order valence-corrected chi connectivity index (χ4v) is 2.45. The van der Waals surface area contributed by atoms with Crippen LogP contribution in [0.5, 0.6) is 0 Å². The summed E-state index contributed by atoms with van der Waals surface area (Å²) in [6.45, 7) is 1.79. The van der Waals surface area contributed by atoms with Gasteiger partial charge in [-0.25, -0.2) is 4.79 Å². The highest BCUT2D eigenvalue weighted by Crippen LogP contribution is 2.16. The number of Topliss-reactive ketones (excluding diaryl/α,β-unsaturated/α-hetero) is 1. The second-order valence-electron chi connectivity index (χ2n) is 5.64. The molecule has 0 aliphatic rings. The number of carbonyl (C=O) groups is 2. The highest BCUT2D eigenvalue weighted by Gasteiger charge is 2.10. The Balaban J connectivity index is 1.56. The van der Waals surface area contributed by atoms with Crippen LogP contribution < -0.4 is 5.32 Å². The minimum Gasteiger partial charge on any atom is -0.444 e. The monoisotopic (exact) mass is 385 g/mol. The van der Waals surface area contributed by atoms with E-state index in [2.05, 4.69) is 20.5 Å². The number of hydrogen-bond donors (Lipinski definition) is 1. The summed E-state index contributed by atoms with van der Waals surface area (Å²) in [5.41, 5.74) is 1.90. The number of hydrogen-bond acceptors (Lipinski definition) is 6. The topological polar surface area (TPSA) is 99.0 Å². The summed E-state index contributed by atoms with van der Waals surface area (Å²) in [6, 6.07) is 10.4. The molecule has 9 heteroatoms. The van der Waals surface area contributed by atoms with Crippen molar-refractivity contribution < 1.29 is 14.3 Å². The zero-order chi connectivity index (χ0) is 19.2. The minimum atomic E-state index is -0.668. The molecule has 0 spiro atoms. The molecule has 0 saturated heterocycles. The van der Waals surface area contributed by atoms with E-state index in [-0.39, 0.29) is 24.8 Å². The van der Waals surface area contributed by atoms with Crippen molar-refractivity contribution in [2.45, 2.75) is 20.1 Å². The number of rotatable bonds is 6. The van der Waals surface area contributed by atoms with Crippen molar-refractivity contribution in [1.82, 2.24) is 20.0 Å². The van der Waals surface area contributed by atoms with Gasteiger partial charge in [0, 0.05) is 22.3 Å². The lowest BCUT2D eigenvalue weighted by molar-refractivity contribution is 0.101. The quantitative estimate of drug-likeness (QED) is 0.653. The molecule has 3 rings (SSSR count). The van der Waals surface area contributed by atoms with Crippen molar-refractivity contribution >= 4 is 29.3 Å². The first-order valence-corrected chi connectivity index (χ1v) is 8.42. The van der Waals surface area contributed by atoms with Crippen LogP contribution in [0.3, 0.4) is 0 Å². The molecule has 3 aromatic rings. The van der Waals surface area contributed by atoms with E-state index in [1.165, 1.54) is 17.9 Å². The molecule has 0 aliphatic heterocycles. The average Bonchev–Trinajstić information content (AvgIpc) is 3.08. The molecule has 138 valence electrons. The molecule has 8 nitrogen and oxygen atoms in total. The van der Waals surface area contributed by atoms with E-state index in [0.29, 0.717) is 21.8 Å². The van der Waals surface area contributed by atoms with E-state index in [9.17, 15) is 9.59 Å². The normalized spacial score (nSPS) is 10.4. The second kappa shape index (κ2) is 8.41. The van der Waals surface area contributed by atoms with Gasteiger partial charge in [0.15, 0.2) is 11.6 Å². The Kier molecular flexibility index (Phi) is 5.77. The van der Waals surface area contributed by atoms with Crippen molar-refractivity contribution in [2.24, 2.45) is 0 Å². The van der Waals surface area contributed by atoms with Crippen LogP contribution in [0.1, 0.15) is 28.5 Å². The Morgan fingerprint density at radius 3 is 2.85 bits per heavy atom. The number of halogens is 1. The fraction of sp³-hybridized carbons (Fsp3) is 0.167. The van der Waals surface area contributed by atoms with Crippen molar-refractivity contribution in [1.29, 1.82) is 0 Å². The molecule has 0 fully saturated rings. The molecule has 2 heterocycles. The summed E-state index contributed by atoms with van der Waals surface area (Å²) in [6.07, 6.45) is 2.28. The zero-order valence-corrected chi connectivity index (χ0v) is 15.2. The van der Waals surface area contributed by atoms with Crippen LogP contribution in [0.25, 0.3) is 0 Å². The van der Waals surface area contributed by atoms with Gasteiger partial charge < -0.3 is 4.74 Å². The predicted octanol–water partition coefficient (Wildman–Crippen LogP) is 3.33. The standard InChI is InChI=1S/C18H16ClN5O3/c1-12(25)13-6-7-20-15(8-13)10-24-21-9-17(23-24)22-18(26)27-11-14-4-2-3-5-16(14)19/h2-9H,10-11H2,1H3,(H,22,23,26). The molecule has 0 radical (unpaired) electrons. The number of aromatic nitrogens is 4. The highest BCUT2D eigenvalue weighted by molar-refractivity contribution is 6.31. The number of anilines is 1. The van der Waals surface area contributed by atoms with Gasteiger partial charge in [-0.05, 0) is 25.1 Å². The van der Waals surface area contributed by atoms with Crippen LogP contribution in [-0.4, -0.2) is 31.9 Å². The number of ether oxygens (including phenoxy) is 1. The second-order valence-corrected chi connectivity index (χ2v) is 6.05. The first-order valence-electron chi connectivity index (χ1n) is 8.04. The number of ketones is 1. The van der Waals surface area contributed by atoms with Crippen LogP contribution in [0, 0.1) is 0 Å². The van der Waals surface area contributed by atoms with Gasteiger partial charge in [0.25, 0.3) is 0 Å². The fourth-order valence-electron chi connectivity index (χ4n) is 2.26. The zero-order valence-electron chi connectivity index (χ0n) is 14.4. The number of carbonyl (C=O) groups excluding carboxylic acids is 2. The van der Waals surface area contributed by atoms with Gasteiger partial charge in [0.2, 0.25) is 0 Å². The molecule has 27 heavy (non-hydrogen) atoms. The van der Waals surface area contributed by atoms with Gasteiger partial charge in [-0.2, -0.15) is 9.90 Å². The lowest BCUT2D eigenvalue weighted by Crippen LogP contribution is -2.14. The molecule has 0 bridgehead atoms.